The molecule has 0 bridgehead atoms. The average Bonchev–Trinajstić information content (AvgIpc) is 2.76. The van der Waals surface area contributed by atoms with Crippen molar-refractivity contribution < 1.29 is 19.4 Å². The van der Waals surface area contributed by atoms with Crippen molar-refractivity contribution in [1.29, 1.82) is 0 Å². The predicted octanol–water partition coefficient (Wildman–Crippen LogP) is 1.42. The number of amides is 1. The van der Waals surface area contributed by atoms with Crippen LogP contribution in [0.15, 0.2) is 29.2 Å². The Bertz CT molecular complexity index is 639. The van der Waals surface area contributed by atoms with Gasteiger partial charge in [0.25, 0.3) is 5.91 Å². The highest BCUT2D eigenvalue weighted by molar-refractivity contribution is 8.26. The van der Waals surface area contributed by atoms with E-state index in [-0.39, 0.29) is 10.7 Å². The van der Waals surface area contributed by atoms with Crippen LogP contribution in [0.5, 0.6) is 5.75 Å². The first-order valence-electron chi connectivity index (χ1n) is 6.60. The van der Waals surface area contributed by atoms with Gasteiger partial charge in [-0.25, -0.2) is 0 Å². The molecule has 7 heteroatoms. The van der Waals surface area contributed by atoms with Crippen LogP contribution in [0.4, 0.5) is 0 Å². The summed E-state index contributed by atoms with van der Waals surface area (Å²) in [5.41, 5.74) is 0.808. The Balaban J connectivity index is 2.26. The van der Waals surface area contributed by atoms with E-state index in [4.69, 9.17) is 17.0 Å². The second-order valence-electron chi connectivity index (χ2n) is 4.57. The van der Waals surface area contributed by atoms with Gasteiger partial charge in [-0.1, -0.05) is 43.0 Å². The summed E-state index contributed by atoms with van der Waals surface area (Å²) in [6.45, 7) is 1.67. The Morgan fingerprint density at radius 2 is 2.09 bits per heavy atom. The Labute approximate surface area is 137 Å². The van der Waals surface area contributed by atoms with E-state index in [1.807, 2.05) is 0 Å². The SMILES string of the molecule is CC[C@H](C(=O)[O-])N1C(=O)/C(=C/c2ccc(OC)cc2)SC1=S. The first kappa shape index (κ1) is 16.5. The summed E-state index contributed by atoms with van der Waals surface area (Å²) in [5, 5.41) is 11.1. The van der Waals surface area contributed by atoms with Crippen molar-refractivity contribution in [3.05, 3.63) is 34.7 Å². The summed E-state index contributed by atoms with van der Waals surface area (Å²) in [6.07, 6.45) is 1.92. The van der Waals surface area contributed by atoms with Crippen molar-refractivity contribution in [2.75, 3.05) is 7.11 Å². The molecule has 1 aliphatic heterocycles. The predicted molar refractivity (Wildman–Crippen MR) is 87.1 cm³/mol. The molecule has 0 aromatic heterocycles. The number of hydrogen-bond donors (Lipinski definition) is 0. The van der Waals surface area contributed by atoms with Crippen molar-refractivity contribution in [1.82, 2.24) is 4.90 Å². The number of rotatable bonds is 5. The number of carboxylic acid groups (broad SMARTS) is 1. The van der Waals surface area contributed by atoms with Crippen molar-refractivity contribution in [2.24, 2.45) is 0 Å². The highest BCUT2D eigenvalue weighted by Crippen LogP contribution is 2.34. The van der Waals surface area contributed by atoms with E-state index in [9.17, 15) is 14.7 Å². The van der Waals surface area contributed by atoms with Crippen LogP contribution in [-0.2, 0) is 9.59 Å². The number of aliphatic carboxylic acids is 1. The molecule has 0 radical (unpaired) electrons. The lowest BCUT2D eigenvalue weighted by Crippen LogP contribution is -2.49. The van der Waals surface area contributed by atoms with Gasteiger partial charge in [0.1, 0.15) is 10.1 Å². The number of carbonyl (C=O) groups is 2. The molecular formula is C15H14NO4S2-. The second-order valence-corrected chi connectivity index (χ2v) is 6.24. The summed E-state index contributed by atoms with van der Waals surface area (Å²) in [7, 11) is 1.57. The van der Waals surface area contributed by atoms with Crippen LogP contribution < -0.4 is 9.84 Å². The van der Waals surface area contributed by atoms with Gasteiger partial charge in [-0.15, -0.1) is 0 Å². The van der Waals surface area contributed by atoms with Gasteiger partial charge in [0.2, 0.25) is 0 Å². The topological polar surface area (TPSA) is 69.7 Å². The van der Waals surface area contributed by atoms with Crippen LogP contribution in [0, 0.1) is 0 Å². The minimum atomic E-state index is -1.30. The van der Waals surface area contributed by atoms with E-state index in [2.05, 4.69) is 0 Å². The van der Waals surface area contributed by atoms with Crippen molar-refractivity contribution in [2.45, 2.75) is 19.4 Å². The second kappa shape index (κ2) is 6.93. The lowest BCUT2D eigenvalue weighted by molar-refractivity contribution is -0.310. The molecule has 1 saturated heterocycles. The quantitative estimate of drug-likeness (QED) is 0.598. The van der Waals surface area contributed by atoms with Gasteiger partial charge in [-0.3, -0.25) is 9.69 Å². The normalized spacial score (nSPS) is 17.9. The number of ether oxygens (including phenoxy) is 1. The van der Waals surface area contributed by atoms with Gasteiger partial charge < -0.3 is 14.6 Å². The molecule has 0 unspecified atom stereocenters. The first-order chi connectivity index (χ1) is 10.5. The van der Waals surface area contributed by atoms with Crippen molar-refractivity contribution in [3.63, 3.8) is 0 Å². The van der Waals surface area contributed by atoms with E-state index in [1.165, 1.54) is 0 Å². The van der Waals surface area contributed by atoms with Gasteiger partial charge in [-0.2, -0.15) is 0 Å². The number of thiocarbonyl (C=S) groups is 1. The summed E-state index contributed by atoms with van der Waals surface area (Å²) >= 11 is 6.22. The third-order valence-electron chi connectivity index (χ3n) is 3.21. The van der Waals surface area contributed by atoms with Gasteiger partial charge in [0.15, 0.2) is 0 Å². The number of carbonyl (C=O) groups excluding carboxylic acids is 2. The monoisotopic (exact) mass is 336 g/mol. The largest absolute Gasteiger partial charge is 0.548 e. The number of thioether (sulfide) groups is 1. The summed E-state index contributed by atoms with van der Waals surface area (Å²) in [4.78, 5) is 25.0. The lowest BCUT2D eigenvalue weighted by atomic mass is 10.1. The Hall–Kier alpha value is -1.86. The molecule has 0 saturated carbocycles. The molecule has 1 atom stereocenters. The minimum Gasteiger partial charge on any atom is -0.548 e. The molecule has 116 valence electrons. The molecule has 0 aliphatic carbocycles. The van der Waals surface area contributed by atoms with Crippen LogP contribution >= 0.6 is 24.0 Å². The molecule has 1 aromatic carbocycles. The van der Waals surface area contributed by atoms with E-state index in [1.54, 1.807) is 44.4 Å². The molecule has 1 amide bonds. The average molecular weight is 336 g/mol. The molecule has 0 N–H and O–H groups in total. The van der Waals surface area contributed by atoms with E-state index >= 15 is 0 Å². The van der Waals surface area contributed by atoms with Crippen LogP contribution in [0.3, 0.4) is 0 Å². The zero-order chi connectivity index (χ0) is 16.3. The fourth-order valence-electron chi connectivity index (χ4n) is 2.05. The summed E-state index contributed by atoms with van der Waals surface area (Å²) < 4.78 is 5.31. The molecule has 1 aromatic rings. The molecule has 1 heterocycles. The zero-order valence-corrected chi connectivity index (χ0v) is 13.7. The maximum Gasteiger partial charge on any atom is 0.266 e. The van der Waals surface area contributed by atoms with Crippen LogP contribution in [0.25, 0.3) is 6.08 Å². The number of hydrogen-bond acceptors (Lipinski definition) is 6. The minimum absolute atomic E-state index is 0.237. The van der Waals surface area contributed by atoms with Gasteiger partial charge in [0.05, 0.1) is 24.0 Å². The molecule has 5 nitrogen and oxygen atoms in total. The highest BCUT2D eigenvalue weighted by Gasteiger charge is 2.36. The first-order valence-corrected chi connectivity index (χ1v) is 7.82. The van der Waals surface area contributed by atoms with Gasteiger partial charge in [-0.05, 0) is 30.2 Å². The maximum atomic E-state index is 12.4. The van der Waals surface area contributed by atoms with Crippen LogP contribution in [0.1, 0.15) is 18.9 Å². The molecule has 1 aliphatic rings. The highest BCUT2D eigenvalue weighted by atomic mass is 32.2. The smallest absolute Gasteiger partial charge is 0.266 e. The number of methoxy groups -OCH3 is 1. The zero-order valence-electron chi connectivity index (χ0n) is 12.1. The third-order valence-corrected chi connectivity index (χ3v) is 4.54. The molecule has 1 fully saturated rings. The fourth-order valence-corrected chi connectivity index (χ4v) is 3.41. The molecule has 22 heavy (non-hydrogen) atoms. The van der Waals surface area contributed by atoms with Crippen LogP contribution in [-0.4, -0.2) is 34.2 Å². The van der Waals surface area contributed by atoms with Gasteiger partial charge in [0, 0.05) is 0 Å². The maximum absolute atomic E-state index is 12.4. The lowest BCUT2D eigenvalue weighted by Gasteiger charge is -2.26. The summed E-state index contributed by atoms with van der Waals surface area (Å²) in [5.74, 6) is -0.987. The molecular weight excluding hydrogens is 322 g/mol. The van der Waals surface area contributed by atoms with E-state index in [0.29, 0.717) is 10.7 Å². The molecule has 0 spiro atoms. The van der Waals surface area contributed by atoms with Crippen molar-refractivity contribution in [3.8, 4) is 5.75 Å². The standard InChI is InChI=1S/C15H15NO4S2/c1-3-11(14(18)19)16-13(17)12(22-15(16)21)8-9-4-6-10(20-2)7-5-9/h4-8,11H,3H2,1-2H3,(H,18,19)/p-1/b12-8-/t11-/m1/s1. The fraction of sp³-hybridized carbons (Fsp3) is 0.267. The Kier molecular flexibility index (Phi) is 5.20. The molecule has 2 rings (SSSR count). The third kappa shape index (κ3) is 3.31. The Morgan fingerprint density at radius 3 is 2.59 bits per heavy atom. The summed E-state index contributed by atoms with van der Waals surface area (Å²) in [6, 6.07) is 6.14. The van der Waals surface area contributed by atoms with E-state index < -0.39 is 17.9 Å². The number of nitrogens with zero attached hydrogens (tertiary/aromatic N) is 1. The van der Waals surface area contributed by atoms with Crippen molar-refractivity contribution >= 4 is 46.3 Å². The van der Waals surface area contributed by atoms with Crippen LogP contribution in [0.2, 0.25) is 0 Å². The number of carboxylic acids is 1. The van der Waals surface area contributed by atoms with E-state index in [0.717, 1.165) is 22.2 Å². The number of benzene rings is 1. The Morgan fingerprint density at radius 1 is 1.45 bits per heavy atom. The van der Waals surface area contributed by atoms with Gasteiger partial charge >= 0.3 is 0 Å².